The highest BCUT2D eigenvalue weighted by atomic mass is 32.1. The highest BCUT2D eigenvalue weighted by Crippen LogP contribution is 2.13. The molecule has 2 rings (SSSR count). The highest BCUT2D eigenvalue weighted by Gasteiger charge is 2.09. The molecule has 0 aliphatic rings. The van der Waals surface area contributed by atoms with E-state index in [0.29, 0.717) is 6.04 Å². The lowest BCUT2D eigenvalue weighted by Gasteiger charge is -2.14. The lowest BCUT2D eigenvalue weighted by Crippen LogP contribution is -2.29. The van der Waals surface area contributed by atoms with Gasteiger partial charge in [-0.3, -0.25) is 4.98 Å². The molecule has 0 aromatic carbocycles. The number of rotatable bonds is 6. The third-order valence-corrected chi connectivity index (χ3v) is 4.08. The van der Waals surface area contributed by atoms with E-state index in [0.717, 1.165) is 19.3 Å². The largest absolute Gasteiger partial charge is 0.316 e. The molecule has 0 saturated heterocycles. The van der Waals surface area contributed by atoms with Crippen LogP contribution in [0.4, 0.5) is 0 Å². The fourth-order valence-electron chi connectivity index (χ4n) is 1.99. The summed E-state index contributed by atoms with van der Waals surface area (Å²) in [5, 5.41) is 5.52. The summed E-state index contributed by atoms with van der Waals surface area (Å²) in [6, 6.07) is 9.10. The van der Waals surface area contributed by atoms with Crippen molar-refractivity contribution in [2.75, 3.05) is 7.05 Å². The van der Waals surface area contributed by atoms with Crippen LogP contribution in [0.1, 0.15) is 23.1 Å². The van der Waals surface area contributed by atoms with Gasteiger partial charge in [0, 0.05) is 29.2 Å². The molecule has 2 aromatic heterocycles. The molecule has 0 spiro atoms. The van der Waals surface area contributed by atoms with E-state index in [2.05, 4.69) is 46.9 Å². The van der Waals surface area contributed by atoms with Crippen molar-refractivity contribution in [1.29, 1.82) is 0 Å². The van der Waals surface area contributed by atoms with Gasteiger partial charge in [-0.05, 0) is 43.0 Å². The Labute approximate surface area is 113 Å². The molecule has 0 fully saturated rings. The van der Waals surface area contributed by atoms with Gasteiger partial charge in [-0.25, -0.2) is 0 Å². The molecule has 2 nitrogen and oxygen atoms in total. The normalized spacial score (nSPS) is 12.6. The van der Waals surface area contributed by atoms with Crippen molar-refractivity contribution in [1.82, 2.24) is 10.3 Å². The van der Waals surface area contributed by atoms with Crippen LogP contribution in [0.5, 0.6) is 0 Å². The highest BCUT2D eigenvalue weighted by molar-refractivity contribution is 7.09. The van der Waals surface area contributed by atoms with Crippen LogP contribution in [-0.4, -0.2) is 18.1 Å². The predicted molar refractivity (Wildman–Crippen MR) is 78.2 cm³/mol. The smallest absolute Gasteiger partial charge is 0.0419 e. The number of hydrogen-bond acceptors (Lipinski definition) is 3. The van der Waals surface area contributed by atoms with E-state index in [4.69, 9.17) is 0 Å². The summed E-state index contributed by atoms with van der Waals surface area (Å²) in [6.45, 7) is 2.16. The number of pyridine rings is 1. The lowest BCUT2D eigenvalue weighted by molar-refractivity contribution is 0.554. The number of aryl methyl sites for hydroxylation is 1. The molecule has 0 saturated carbocycles. The summed E-state index contributed by atoms with van der Waals surface area (Å²) in [7, 11) is 2.03. The van der Waals surface area contributed by atoms with Crippen LogP contribution in [0.2, 0.25) is 0 Å². The van der Waals surface area contributed by atoms with Gasteiger partial charge in [-0.15, -0.1) is 11.3 Å². The van der Waals surface area contributed by atoms with E-state index in [1.165, 1.54) is 16.1 Å². The van der Waals surface area contributed by atoms with Crippen molar-refractivity contribution in [2.45, 2.75) is 32.2 Å². The number of thiophene rings is 1. The molecule has 0 bridgehead atoms. The van der Waals surface area contributed by atoms with Crippen LogP contribution in [0.25, 0.3) is 0 Å². The molecule has 1 unspecified atom stereocenters. The first-order valence-electron chi connectivity index (χ1n) is 6.45. The first-order chi connectivity index (χ1) is 8.81. The van der Waals surface area contributed by atoms with Crippen molar-refractivity contribution in [3.63, 3.8) is 0 Å². The maximum absolute atomic E-state index is 4.53. The number of likely N-dealkylation sites (N-methyl/N-ethyl adjacent to an activating group) is 1. The quantitative estimate of drug-likeness (QED) is 0.863. The summed E-state index contributed by atoms with van der Waals surface area (Å²) in [6.07, 6.45) is 5.11. The topological polar surface area (TPSA) is 24.9 Å². The van der Waals surface area contributed by atoms with E-state index in [9.17, 15) is 0 Å². The van der Waals surface area contributed by atoms with Gasteiger partial charge in [-0.1, -0.05) is 19.1 Å². The van der Waals surface area contributed by atoms with Gasteiger partial charge < -0.3 is 5.32 Å². The van der Waals surface area contributed by atoms with Crippen molar-refractivity contribution in [3.05, 3.63) is 52.0 Å². The number of nitrogens with one attached hydrogen (secondary N) is 1. The van der Waals surface area contributed by atoms with Crippen molar-refractivity contribution >= 4 is 11.3 Å². The molecule has 1 N–H and O–H groups in total. The third-order valence-electron chi connectivity index (χ3n) is 3.19. The summed E-state index contributed by atoms with van der Waals surface area (Å²) in [4.78, 5) is 5.96. The molecular formula is C15H20N2S. The van der Waals surface area contributed by atoms with Gasteiger partial charge >= 0.3 is 0 Å². The standard InChI is InChI=1S/C15H20N2S/c1-3-12-6-7-13(17-11-12)9-14(16-2)10-15-5-4-8-18-15/h4-8,11,14,16H,3,9-10H2,1-2H3. The second-order valence-electron chi connectivity index (χ2n) is 4.48. The predicted octanol–water partition coefficient (Wildman–Crippen LogP) is 3.08. The Hall–Kier alpha value is -1.19. The molecule has 1 atom stereocenters. The van der Waals surface area contributed by atoms with Crippen LogP contribution in [0.3, 0.4) is 0 Å². The zero-order chi connectivity index (χ0) is 12.8. The molecule has 2 aromatic rings. The van der Waals surface area contributed by atoms with Crippen LogP contribution in [-0.2, 0) is 19.3 Å². The number of nitrogens with zero attached hydrogens (tertiary/aromatic N) is 1. The molecule has 0 radical (unpaired) electrons. The summed E-state index contributed by atoms with van der Waals surface area (Å²) >= 11 is 1.82. The Morgan fingerprint density at radius 3 is 2.72 bits per heavy atom. The van der Waals surface area contributed by atoms with Crippen LogP contribution in [0, 0.1) is 0 Å². The van der Waals surface area contributed by atoms with Gasteiger partial charge in [-0.2, -0.15) is 0 Å². The average Bonchev–Trinajstić information content (AvgIpc) is 2.91. The Morgan fingerprint density at radius 1 is 1.28 bits per heavy atom. The zero-order valence-electron chi connectivity index (χ0n) is 11.0. The van der Waals surface area contributed by atoms with Crippen LogP contribution >= 0.6 is 11.3 Å². The van der Waals surface area contributed by atoms with Crippen molar-refractivity contribution < 1.29 is 0 Å². The minimum atomic E-state index is 0.462. The second kappa shape index (κ2) is 6.66. The van der Waals surface area contributed by atoms with Gasteiger partial charge in [0.25, 0.3) is 0 Å². The molecule has 0 aliphatic carbocycles. The van der Waals surface area contributed by atoms with E-state index < -0.39 is 0 Å². The SMILES string of the molecule is CCc1ccc(CC(Cc2cccs2)NC)nc1. The van der Waals surface area contributed by atoms with Gasteiger partial charge in [0.05, 0.1) is 0 Å². The molecular weight excluding hydrogens is 240 g/mol. The van der Waals surface area contributed by atoms with Gasteiger partial charge in [0.15, 0.2) is 0 Å². The Morgan fingerprint density at radius 2 is 2.17 bits per heavy atom. The van der Waals surface area contributed by atoms with E-state index >= 15 is 0 Å². The van der Waals surface area contributed by atoms with Gasteiger partial charge in [0.1, 0.15) is 0 Å². The maximum Gasteiger partial charge on any atom is 0.0419 e. The number of aromatic nitrogens is 1. The molecule has 0 amide bonds. The minimum absolute atomic E-state index is 0.462. The Balaban J connectivity index is 1.96. The second-order valence-corrected chi connectivity index (χ2v) is 5.52. The monoisotopic (exact) mass is 260 g/mol. The fourth-order valence-corrected chi connectivity index (χ4v) is 2.77. The number of hydrogen-bond donors (Lipinski definition) is 1. The molecule has 0 aliphatic heterocycles. The Kier molecular flexibility index (Phi) is 4.90. The van der Waals surface area contributed by atoms with E-state index in [-0.39, 0.29) is 0 Å². The van der Waals surface area contributed by atoms with Crippen LogP contribution < -0.4 is 5.32 Å². The maximum atomic E-state index is 4.53. The first kappa shape index (κ1) is 13.2. The minimum Gasteiger partial charge on any atom is -0.316 e. The summed E-state index contributed by atoms with van der Waals surface area (Å²) < 4.78 is 0. The summed E-state index contributed by atoms with van der Waals surface area (Å²) in [5.41, 5.74) is 2.47. The summed E-state index contributed by atoms with van der Waals surface area (Å²) in [5.74, 6) is 0. The van der Waals surface area contributed by atoms with Crippen molar-refractivity contribution in [2.24, 2.45) is 0 Å². The zero-order valence-corrected chi connectivity index (χ0v) is 11.8. The van der Waals surface area contributed by atoms with E-state index in [1.54, 1.807) is 0 Å². The van der Waals surface area contributed by atoms with E-state index in [1.807, 2.05) is 24.6 Å². The van der Waals surface area contributed by atoms with Gasteiger partial charge in [0.2, 0.25) is 0 Å². The van der Waals surface area contributed by atoms with Crippen molar-refractivity contribution in [3.8, 4) is 0 Å². The fraction of sp³-hybridized carbons (Fsp3) is 0.400. The molecule has 2 heterocycles. The third kappa shape index (κ3) is 3.65. The average molecular weight is 260 g/mol. The molecule has 18 heavy (non-hydrogen) atoms. The molecule has 96 valence electrons. The lowest BCUT2D eigenvalue weighted by atomic mass is 10.1. The van der Waals surface area contributed by atoms with Crippen LogP contribution in [0.15, 0.2) is 35.8 Å². The Bertz CT molecular complexity index is 448. The first-order valence-corrected chi connectivity index (χ1v) is 7.33. The molecule has 3 heteroatoms.